The standard InChI is InChI=1S/C34H38N2O6/c1-22-11-10-18-34(19-22,32(39)35-30(31(37)38)23(2)41-20-24-12-4-3-5-13-24)36-33(40)42-21-29-27-16-8-6-14-25(27)26-15-7-9-17-28(26)29/h3-9,12-17,22-23,29-30H,10-11,18-21H2,1-2H3,(H,35,39)(H,36,40)(H,37,38). The first kappa shape index (κ1) is 29.3. The van der Waals surface area contributed by atoms with E-state index < -0.39 is 35.7 Å². The molecule has 0 aromatic heterocycles. The zero-order valence-electron chi connectivity index (χ0n) is 24.0. The Bertz CT molecular complexity index is 1380. The van der Waals surface area contributed by atoms with Crippen LogP contribution in [-0.2, 0) is 25.7 Å². The third-order valence-electron chi connectivity index (χ3n) is 8.49. The van der Waals surface area contributed by atoms with E-state index in [2.05, 4.69) is 22.8 Å². The van der Waals surface area contributed by atoms with Crippen molar-refractivity contribution in [1.29, 1.82) is 0 Å². The van der Waals surface area contributed by atoms with Gasteiger partial charge in [-0.25, -0.2) is 9.59 Å². The number of aliphatic carboxylic acids is 1. The molecule has 1 fully saturated rings. The van der Waals surface area contributed by atoms with E-state index in [0.29, 0.717) is 12.8 Å². The van der Waals surface area contributed by atoms with Crippen LogP contribution in [0.25, 0.3) is 11.1 Å². The van der Waals surface area contributed by atoms with Gasteiger partial charge in [0.2, 0.25) is 5.91 Å². The molecular weight excluding hydrogens is 532 g/mol. The van der Waals surface area contributed by atoms with Crippen molar-refractivity contribution in [2.24, 2.45) is 5.92 Å². The second kappa shape index (κ2) is 12.8. The van der Waals surface area contributed by atoms with Gasteiger partial charge in [-0.3, -0.25) is 4.79 Å². The number of nitrogens with one attached hydrogen (secondary N) is 2. The molecule has 3 N–H and O–H groups in total. The van der Waals surface area contributed by atoms with E-state index >= 15 is 0 Å². The summed E-state index contributed by atoms with van der Waals surface area (Å²) >= 11 is 0. The SMILES string of the molecule is CC1CCCC(NC(=O)OCC2c3ccccc3-c3ccccc32)(C(=O)NC(C(=O)O)C(C)OCc2ccccc2)C1. The number of carboxylic acids is 1. The van der Waals surface area contributed by atoms with Gasteiger partial charge in [-0.05, 0) is 53.5 Å². The molecule has 8 nitrogen and oxygen atoms in total. The lowest BCUT2D eigenvalue weighted by molar-refractivity contribution is -0.148. The molecule has 2 aliphatic rings. The van der Waals surface area contributed by atoms with Crippen molar-refractivity contribution in [1.82, 2.24) is 10.6 Å². The number of carbonyl (C=O) groups excluding carboxylic acids is 2. The molecule has 4 unspecified atom stereocenters. The first-order chi connectivity index (χ1) is 20.3. The fraction of sp³-hybridized carbons (Fsp3) is 0.382. The molecule has 2 amide bonds. The van der Waals surface area contributed by atoms with E-state index in [1.54, 1.807) is 6.92 Å². The molecule has 0 saturated heterocycles. The third-order valence-corrected chi connectivity index (χ3v) is 8.49. The average molecular weight is 571 g/mol. The van der Waals surface area contributed by atoms with Crippen molar-refractivity contribution in [3.63, 3.8) is 0 Å². The van der Waals surface area contributed by atoms with Crippen molar-refractivity contribution < 1.29 is 29.0 Å². The van der Waals surface area contributed by atoms with E-state index in [-0.39, 0.29) is 25.0 Å². The summed E-state index contributed by atoms with van der Waals surface area (Å²) < 4.78 is 11.6. The van der Waals surface area contributed by atoms with Crippen LogP contribution in [0.3, 0.4) is 0 Å². The molecule has 220 valence electrons. The summed E-state index contributed by atoms with van der Waals surface area (Å²) in [7, 11) is 0. The van der Waals surface area contributed by atoms with Gasteiger partial charge in [-0.2, -0.15) is 0 Å². The van der Waals surface area contributed by atoms with Crippen LogP contribution in [0.15, 0.2) is 78.9 Å². The highest BCUT2D eigenvalue weighted by Crippen LogP contribution is 2.44. The van der Waals surface area contributed by atoms with Crippen molar-refractivity contribution in [2.75, 3.05) is 6.61 Å². The molecule has 1 saturated carbocycles. The second-order valence-electron chi connectivity index (χ2n) is 11.5. The predicted octanol–water partition coefficient (Wildman–Crippen LogP) is 5.65. The topological polar surface area (TPSA) is 114 Å². The number of alkyl carbamates (subject to hydrolysis) is 1. The van der Waals surface area contributed by atoms with Gasteiger partial charge in [0.25, 0.3) is 0 Å². The zero-order chi connectivity index (χ0) is 29.7. The summed E-state index contributed by atoms with van der Waals surface area (Å²) in [6, 6.07) is 24.3. The third kappa shape index (κ3) is 6.34. The Hall–Kier alpha value is -4.17. The van der Waals surface area contributed by atoms with Crippen molar-refractivity contribution in [3.05, 3.63) is 95.6 Å². The predicted molar refractivity (Wildman–Crippen MR) is 159 cm³/mol. The molecule has 0 heterocycles. The lowest BCUT2D eigenvalue weighted by atomic mass is 9.75. The van der Waals surface area contributed by atoms with Gasteiger partial charge in [-0.1, -0.05) is 98.6 Å². The smallest absolute Gasteiger partial charge is 0.408 e. The van der Waals surface area contributed by atoms with E-state index in [0.717, 1.165) is 40.7 Å². The molecule has 5 rings (SSSR count). The van der Waals surface area contributed by atoms with Crippen LogP contribution in [0, 0.1) is 5.92 Å². The van der Waals surface area contributed by atoms with E-state index in [9.17, 15) is 19.5 Å². The van der Waals surface area contributed by atoms with Gasteiger partial charge in [0.05, 0.1) is 12.7 Å². The Morgan fingerprint density at radius 2 is 1.57 bits per heavy atom. The number of ether oxygens (including phenoxy) is 2. The van der Waals surface area contributed by atoms with Crippen LogP contribution in [-0.4, -0.2) is 47.4 Å². The summed E-state index contributed by atoms with van der Waals surface area (Å²) in [6.07, 6.45) is 0.907. The quantitative estimate of drug-likeness (QED) is 0.290. The largest absolute Gasteiger partial charge is 0.480 e. The van der Waals surface area contributed by atoms with Crippen LogP contribution >= 0.6 is 0 Å². The van der Waals surface area contributed by atoms with E-state index in [4.69, 9.17) is 9.47 Å². The summed E-state index contributed by atoms with van der Waals surface area (Å²) in [4.78, 5) is 39.3. The lowest BCUT2D eigenvalue weighted by Gasteiger charge is -2.40. The number of benzene rings is 3. The molecule has 3 aromatic carbocycles. The van der Waals surface area contributed by atoms with Crippen molar-refractivity contribution >= 4 is 18.0 Å². The van der Waals surface area contributed by atoms with Gasteiger partial charge in [-0.15, -0.1) is 0 Å². The highest BCUT2D eigenvalue weighted by Gasteiger charge is 2.45. The van der Waals surface area contributed by atoms with E-state index in [1.807, 2.05) is 73.7 Å². The second-order valence-corrected chi connectivity index (χ2v) is 11.5. The number of fused-ring (bicyclic) bond motifs is 3. The first-order valence-corrected chi connectivity index (χ1v) is 14.6. The molecular formula is C34H38N2O6. The van der Waals surface area contributed by atoms with Gasteiger partial charge < -0.3 is 25.2 Å². The Morgan fingerprint density at radius 3 is 2.19 bits per heavy atom. The highest BCUT2D eigenvalue weighted by atomic mass is 16.5. The van der Waals surface area contributed by atoms with Crippen LogP contribution in [0.4, 0.5) is 4.79 Å². The molecule has 0 aliphatic heterocycles. The minimum Gasteiger partial charge on any atom is -0.480 e. The summed E-state index contributed by atoms with van der Waals surface area (Å²) in [5.74, 6) is -1.69. The highest BCUT2D eigenvalue weighted by molar-refractivity contribution is 5.93. The minimum absolute atomic E-state index is 0.114. The van der Waals surface area contributed by atoms with Crippen molar-refractivity contribution in [3.8, 4) is 11.1 Å². The number of hydrogen-bond acceptors (Lipinski definition) is 5. The molecule has 4 atom stereocenters. The maximum Gasteiger partial charge on any atom is 0.408 e. The van der Waals surface area contributed by atoms with Crippen LogP contribution < -0.4 is 10.6 Å². The Kier molecular flexibility index (Phi) is 8.92. The van der Waals surface area contributed by atoms with Gasteiger partial charge >= 0.3 is 12.1 Å². The molecule has 0 spiro atoms. The molecule has 0 radical (unpaired) electrons. The fourth-order valence-electron chi connectivity index (χ4n) is 6.32. The van der Waals surface area contributed by atoms with Crippen LogP contribution in [0.5, 0.6) is 0 Å². The minimum atomic E-state index is -1.29. The fourth-order valence-corrected chi connectivity index (χ4v) is 6.32. The number of hydrogen-bond donors (Lipinski definition) is 3. The number of amides is 2. The molecule has 2 aliphatic carbocycles. The number of carbonyl (C=O) groups is 3. The normalized spacial score (nSPS) is 21.0. The molecule has 0 bridgehead atoms. The van der Waals surface area contributed by atoms with Gasteiger partial charge in [0.1, 0.15) is 12.1 Å². The summed E-state index contributed by atoms with van der Waals surface area (Å²) in [5, 5.41) is 15.5. The Labute approximate surface area is 246 Å². The van der Waals surface area contributed by atoms with Crippen LogP contribution in [0.1, 0.15) is 62.1 Å². The summed E-state index contributed by atoms with van der Waals surface area (Å²) in [6.45, 7) is 3.98. The maximum absolute atomic E-state index is 13.8. The lowest BCUT2D eigenvalue weighted by Crippen LogP contribution is -2.64. The molecule has 3 aromatic rings. The number of rotatable bonds is 10. The van der Waals surface area contributed by atoms with Crippen LogP contribution in [0.2, 0.25) is 0 Å². The number of carboxylic acid groups (broad SMARTS) is 1. The van der Waals surface area contributed by atoms with Crippen molar-refractivity contribution in [2.45, 2.75) is 69.7 Å². The Morgan fingerprint density at radius 1 is 0.952 bits per heavy atom. The van der Waals surface area contributed by atoms with Gasteiger partial charge in [0, 0.05) is 5.92 Å². The van der Waals surface area contributed by atoms with Gasteiger partial charge in [0.15, 0.2) is 6.04 Å². The zero-order valence-corrected chi connectivity index (χ0v) is 24.0. The first-order valence-electron chi connectivity index (χ1n) is 14.6. The molecule has 42 heavy (non-hydrogen) atoms. The summed E-state index contributed by atoms with van der Waals surface area (Å²) in [5.41, 5.74) is 4.06. The monoisotopic (exact) mass is 570 g/mol. The average Bonchev–Trinajstić information content (AvgIpc) is 3.31. The maximum atomic E-state index is 13.8. The molecule has 8 heteroatoms. The Balaban J connectivity index is 1.27. The van der Waals surface area contributed by atoms with E-state index in [1.165, 1.54) is 0 Å².